The minimum atomic E-state index is -5.08. The van der Waals surface area contributed by atoms with Gasteiger partial charge in [0.05, 0.1) is 15.9 Å². The van der Waals surface area contributed by atoms with E-state index in [1.807, 2.05) is 44.2 Å². The fourth-order valence-corrected chi connectivity index (χ4v) is 4.55. The maximum atomic E-state index is 13.1. The molecule has 0 aliphatic carbocycles. The first kappa shape index (κ1) is 31.0. The predicted molar refractivity (Wildman–Crippen MR) is 125 cm³/mol. The summed E-state index contributed by atoms with van der Waals surface area (Å²) in [7, 11) is -3.94. The molecule has 2 atom stereocenters. The van der Waals surface area contributed by atoms with E-state index in [2.05, 4.69) is 0 Å². The highest BCUT2D eigenvalue weighted by Gasteiger charge is 2.38. The zero-order valence-electron chi connectivity index (χ0n) is 19.5. The van der Waals surface area contributed by atoms with E-state index in [-0.39, 0.29) is 29.6 Å². The molecule has 0 saturated heterocycles. The summed E-state index contributed by atoms with van der Waals surface area (Å²) in [6, 6.07) is 13.5. The van der Waals surface area contributed by atoms with Crippen LogP contribution in [0, 0.1) is 16.0 Å². The number of nitro benzene ring substituents is 1. The molecule has 2 aromatic rings. The Bertz CT molecular complexity index is 1100. The first-order valence-electron chi connectivity index (χ1n) is 10.6. The number of hydrogen-bond acceptors (Lipinski definition) is 7. The highest BCUT2D eigenvalue weighted by atomic mass is 32.2. The van der Waals surface area contributed by atoms with Crippen LogP contribution in [0.2, 0.25) is 0 Å². The van der Waals surface area contributed by atoms with Crippen molar-refractivity contribution in [2.75, 3.05) is 13.1 Å². The average molecular weight is 536 g/mol. The number of nitrogens with two attached hydrogens (primary N) is 1. The third-order valence-corrected chi connectivity index (χ3v) is 6.54. The van der Waals surface area contributed by atoms with Crippen LogP contribution in [-0.4, -0.2) is 65.2 Å². The van der Waals surface area contributed by atoms with Gasteiger partial charge in [-0.15, -0.1) is 0 Å². The van der Waals surface area contributed by atoms with Crippen molar-refractivity contribution < 1.29 is 41.5 Å². The molecule has 0 aliphatic rings. The van der Waals surface area contributed by atoms with Crippen LogP contribution in [0.15, 0.2) is 59.5 Å². The highest BCUT2D eigenvalue weighted by Crippen LogP contribution is 2.21. The van der Waals surface area contributed by atoms with Gasteiger partial charge in [-0.3, -0.25) is 10.1 Å². The number of non-ortho nitro benzene ring substituents is 1. The van der Waals surface area contributed by atoms with E-state index < -0.39 is 39.2 Å². The second-order valence-electron chi connectivity index (χ2n) is 8.19. The van der Waals surface area contributed by atoms with Crippen LogP contribution in [0.25, 0.3) is 0 Å². The maximum Gasteiger partial charge on any atom is 0.490 e. The normalized spacial score (nSPS) is 13.6. The number of nitrogens with zero attached hydrogens (tertiary/aromatic N) is 2. The van der Waals surface area contributed by atoms with Gasteiger partial charge in [0, 0.05) is 31.3 Å². The van der Waals surface area contributed by atoms with Crippen molar-refractivity contribution in [3.8, 4) is 0 Å². The Morgan fingerprint density at radius 3 is 2.00 bits per heavy atom. The number of aliphatic hydroxyl groups excluding tert-OH is 1. The Kier molecular flexibility index (Phi) is 11.4. The topological polar surface area (TPSA) is 164 Å². The van der Waals surface area contributed by atoms with Crippen LogP contribution in [0.3, 0.4) is 0 Å². The second kappa shape index (κ2) is 13.3. The van der Waals surface area contributed by atoms with Crippen LogP contribution < -0.4 is 5.73 Å². The fraction of sp³-hybridized carbons (Fsp3) is 0.409. The van der Waals surface area contributed by atoms with Gasteiger partial charge in [0.2, 0.25) is 10.0 Å². The molecule has 0 aliphatic heterocycles. The van der Waals surface area contributed by atoms with Gasteiger partial charge >= 0.3 is 12.1 Å². The Hall–Kier alpha value is -3.07. The van der Waals surface area contributed by atoms with Gasteiger partial charge in [0.1, 0.15) is 0 Å². The number of alkyl halides is 3. The van der Waals surface area contributed by atoms with Crippen LogP contribution in [0.5, 0.6) is 0 Å². The van der Waals surface area contributed by atoms with Gasteiger partial charge in [-0.2, -0.15) is 17.5 Å². The summed E-state index contributed by atoms with van der Waals surface area (Å²) < 4.78 is 59.1. The van der Waals surface area contributed by atoms with Crippen LogP contribution >= 0.6 is 0 Å². The number of carbonyl (C=O) groups is 1. The van der Waals surface area contributed by atoms with E-state index in [1.165, 1.54) is 16.4 Å². The van der Waals surface area contributed by atoms with Gasteiger partial charge in [0.15, 0.2) is 0 Å². The summed E-state index contributed by atoms with van der Waals surface area (Å²) >= 11 is 0. The molecule has 0 bridgehead atoms. The molecule has 0 spiro atoms. The third-order valence-electron chi connectivity index (χ3n) is 4.70. The van der Waals surface area contributed by atoms with Crippen LogP contribution in [0.4, 0.5) is 18.9 Å². The van der Waals surface area contributed by atoms with E-state index in [0.29, 0.717) is 6.42 Å². The summed E-state index contributed by atoms with van der Waals surface area (Å²) in [4.78, 5) is 19.1. The molecule has 0 aromatic heterocycles. The zero-order valence-corrected chi connectivity index (χ0v) is 20.3. The van der Waals surface area contributed by atoms with Crippen molar-refractivity contribution in [2.24, 2.45) is 11.7 Å². The van der Waals surface area contributed by atoms with Gasteiger partial charge in [-0.25, -0.2) is 13.2 Å². The molecule has 0 unspecified atom stereocenters. The number of hydrogen-bond donors (Lipinski definition) is 3. The largest absolute Gasteiger partial charge is 0.490 e. The van der Waals surface area contributed by atoms with Crippen molar-refractivity contribution in [1.82, 2.24) is 4.31 Å². The number of aliphatic hydroxyl groups is 1. The molecule has 200 valence electrons. The van der Waals surface area contributed by atoms with E-state index in [4.69, 9.17) is 15.6 Å². The predicted octanol–water partition coefficient (Wildman–Crippen LogP) is 2.81. The molecule has 14 heteroatoms. The Balaban J connectivity index is 0.000000809. The van der Waals surface area contributed by atoms with Crippen molar-refractivity contribution in [3.63, 3.8) is 0 Å². The summed E-state index contributed by atoms with van der Waals surface area (Å²) in [6.07, 6.45) is -5.74. The number of aliphatic carboxylic acids is 1. The molecule has 2 rings (SSSR count). The molecule has 36 heavy (non-hydrogen) atoms. The van der Waals surface area contributed by atoms with E-state index in [1.54, 1.807) is 0 Å². The maximum absolute atomic E-state index is 13.1. The standard InChI is InChI=1S/C20H27N3O5S.C2HF3O2/c1-15(2)13-22(14-20(24)19(21)12-16-6-4-3-5-7-16)29(27,28)18-10-8-17(9-11-18)23(25)26;3-2(4,5)1(6)7/h3-11,15,19-20,24H,12-14,21H2,1-2H3;(H,6,7)/t19-,20+;/m0./s1. The highest BCUT2D eigenvalue weighted by molar-refractivity contribution is 7.89. The first-order chi connectivity index (χ1) is 16.6. The van der Waals surface area contributed by atoms with Crippen molar-refractivity contribution in [3.05, 3.63) is 70.3 Å². The lowest BCUT2D eigenvalue weighted by Crippen LogP contribution is -2.47. The van der Waals surface area contributed by atoms with Crippen molar-refractivity contribution in [1.29, 1.82) is 0 Å². The monoisotopic (exact) mass is 535 g/mol. The SMILES string of the molecule is CC(C)CN(C[C@@H](O)[C@@H](N)Cc1ccccc1)S(=O)(=O)c1ccc([N+](=O)[O-])cc1.O=C(O)C(F)(F)F. The van der Waals surface area contributed by atoms with Gasteiger partial charge in [-0.1, -0.05) is 44.2 Å². The van der Waals surface area contributed by atoms with Crippen molar-refractivity contribution >= 4 is 21.7 Å². The Labute approximate surface area is 206 Å². The first-order valence-corrected chi connectivity index (χ1v) is 12.0. The van der Waals surface area contributed by atoms with Crippen LogP contribution in [-0.2, 0) is 21.2 Å². The fourth-order valence-electron chi connectivity index (χ4n) is 2.93. The van der Waals surface area contributed by atoms with Gasteiger partial charge in [0.25, 0.3) is 5.69 Å². The molecule has 0 fully saturated rings. The Morgan fingerprint density at radius 1 is 1.08 bits per heavy atom. The smallest absolute Gasteiger partial charge is 0.475 e. The minimum absolute atomic E-state index is 0.0142. The summed E-state index contributed by atoms with van der Waals surface area (Å²) in [6.45, 7) is 3.77. The van der Waals surface area contributed by atoms with Gasteiger partial charge in [-0.05, 0) is 30.0 Å². The number of nitro groups is 1. The zero-order chi connectivity index (χ0) is 27.7. The van der Waals surface area contributed by atoms with E-state index in [0.717, 1.165) is 17.7 Å². The lowest BCUT2D eigenvalue weighted by atomic mass is 10.0. The Morgan fingerprint density at radius 2 is 1.58 bits per heavy atom. The molecule has 10 nitrogen and oxygen atoms in total. The average Bonchev–Trinajstić information content (AvgIpc) is 2.78. The van der Waals surface area contributed by atoms with E-state index in [9.17, 15) is 36.8 Å². The number of halogens is 3. The molecule has 0 radical (unpaired) electrons. The molecule has 0 heterocycles. The third kappa shape index (κ3) is 9.89. The number of carboxylic acid groups (broad SMARTS) is 1. The number of carboxylic acids is 1. The molecule has 0 amide bonds. The summed E-state index contributed by atoms with van der Waals surface area (Å²) in [5.74, 6) is -2.74. The molecule has 4 N–H and O–H groups in total. The number of sulfonamides is 1. The number of rotatable bonds is 10. The summed E-state index contributed by atoms with van der Waals surface area (Å²) in [5, 5.41) is 28.5. The quantitative estimate of drug-likeness (QED) is 0.309. The second-order valence-corrected chi connectivity index (χ2v) is 10.1. The van der Waals surface area contributed by atoms with E-state index >= 15 is 0 Å². The molecule has 0 saturated carbocycles. The lowest BCUT2D eigenvalue weighted by Gasteiger charge is -2.28. The molecular weight excluding hydrogens is 507 g/mol. The van der Waals surface area contributed by atoms with Gasteiger partial charge < -0.3 is 15.9 Å². The van der Waals surface area contributed by atoms with Crippen molar-refractivity contribution in [2.45, 2.75) is 43.5 Å². The van der Waals surface area contributed by atoms with Crippen LogP contribution in [0.1, 0.15) is 19.4 Å². The number of benzene rings is 2. The summed E-state index contributed by atoms with van der Waals surface area (Å²) in [5.41, 5.74) is 6.88. The lowest BCUT2D eigenvalue weighted by molar-refractivity contribution is -0.384. The molecule has 2 aromatic carbocycles. The molecular formula is C22H28F3N3O7S. The minimum Gasteiger partial charge on any atom is -0.475 e.